The molecule has 2 aliphatic heterocycles. The Bertz CT molecular complexity index is 658. The van der Waals surface area contributed by atoms with Gasteiger partial charge in [0.1, 0.15) is 0 Å². The van der Waals surface area contributed by atoms with E-state index in [1.807, 2.05) is 7.05 Å². The number of rotatable bonds is 7. The lowest BCUT2D eigenvalue weighted by Crippen LogP contribution is -2.62. The van der Waals surface area contributed by atoms with Crippen LogP contribution in [0.15, 0.2) is 11.1 Å². The summed E-state index contributed by atoms with van der Waals surface area (Å²) in [6.07, 6.45) is 7.59. The molecule has 1 aromatic heterocycles. The van der Waals surface area contributed by atoms with Crippen LogP contribution in [0.3, 0.4) is 0 Å². The van der Waals surface area contributed by atoms with E-state index in [4.69, 9.17) is 0 Å². The summed E-state index contributed by atoms with van der Waals surface area (Å²) >= 11 is 0. The molecule has 172 valence electrons. The van der Waals surface area contributed by atoms with E-state index in [-0.39, 0.29) is 29.5 Å². The lowest BCUT2D eigenvalue weighted by Gasteiger charge is -2.50. The van der Waals surface area contributed by atoms with Crippen LogP contribution in [0.2, 0.25) is 0 Å². The van der Waals surface area contributed by atoms with Gasteiger partial charge >= 0.3 is 0 Å². The van der Waals surface area contributed by atoms with Crippen molar-refractivity contribution in [3.63, 3.8) is 0 Å². The number of halogens is 1. The SMILES string of the molecule is CN=C(NCCCn1nc(C)cc1C)NCC1(N2CCCCC2)CCN(C)CC1.I. The van der Waals surface area contributed by atoms with Crippen molar-refractivity contribution in [3.05, 3.63) is 17.5 Å². The molecule has 2 fully saturated rings. The molecule has 0 spiro atoms. The average Bonchev–Trinajstić information content (AvgIpc) is 3.06. The molecule has 0 aliphatic carbocycles. The predicted octanol–water partition coefficient (Wildman–Crippen LogP) is 2.62. The topological polar surface area (TPSA) is 60.7 Å². The number of aromatic nitrogens is 2. The summed E-state index contributed by atoms with van der Waals surface area (Å²) in [7, 11) is 4.12. The first-order chi connectivity index (χ1) is 14.0. The number of aliphatic imine (C=N–C) groups is 1. The van der Waals surface area contributed by atoms with Crippen molar-refractivity contribution in [2.75, 3.05) is 53.4 Å². The predicted molar refractivity (Wildman–Crippen MR) is 136 cm³/mol. The summed E-state index contributed by atoms with van der Waals surface area (Å²) in [5.41, 5.74) is 2.60. The lowest BCUT2D eigenvalue weighted by molar-refractivity contribution is 0.0173. The minimum absolute atomic E-state index is 0. The van der Waals surface area contributed by atoms with Crippen LogP contribution in [0.25, 0.3) is 0 Å². The van der Waals surface area contributed by atoms with Crippen molar-refractivity contribution < 1.29 is 0 Å². The maximum Gasteiger partial charge on any atom is 0.191 e. The van der Waals surface area contributed by atoms with Crippen LogP contribution < -0.4 is 10.6 Å². The van der Waals surface area contributed by atoms with Crippen molar-refractivity contribution in [3.8, 4) is 0 Å². The molecule has 2 saturated heterocycles. The number of aryl methyl sites for hydroxylation is 3. The Morgan fingerprint density at radius 2 is 1.80 bits per heavy atom. The summed E-state index contributed by atoms with van der Waals surface area (Å²) < 4.78 is 2.09. The molecule has 0 radical (unpaired) electrons. The Morgan fingerprint density at radius 1 is 1.10 bits per heavy atom. The average molecular weight is 532 g/mol. The van der Waals surface area contributed by atoms with Crippen LogP contribution in [0.1, 0.15) is 49.9 Å². The minimum atomic E-state index is 0. The Labute approximate surface area is 200 Å². The van der Waals surface area contributed by atoms with Gasteiger partial charge in [0.2, 0.25) is 0 Å². The van der Waals surface area contributed by atoms with Crippen LogP contribution in [-0.2, 0) is 6.54 Å². The van der Waals surface area contributed by atoms with Crippen LogP contribution in [0.5, 0.6) is 0 Å². The van der Waals surface area contributed by atoms with Gasteiger partial charge in [-0.05, 0) is 85.2 Å². The molecule has 2 N–H and O–H groups in total. The molecule has 1 aromatic rings. The quantitative estimate of drug-likeness (QED) is 0.245. The zero-order valence-electron chi connectivity index (χ0n) is 19.4. The minimum Gasteiger partial charge on any atom is -0.356 e. The van der Waals surface area contributed by atoms with Gasteiger partial charge in [0.15, 0.2) is 5.96 Å². The molecule has 2 aliphatic rings. The normalized spacial score (nSPS) is 20.6. The van der Waals surface area contributed by atoms with Crippen LogP contribution in [0.4, 0.5) is 0 Å². The molecule has 0 atom stereocenters. The number of nitrogens with zero attached hydrogens (tertiary/aromatic N) is 5. The largest absolute Gasteiger partial charge is 0.356 e. The van der Waals surface area contributed by atoms with Gasteiger partial charge in [-0.3, -0.25) is 14.6 Å². The highest BCUT2D eigenvalue weighted by Gasteiger charge is 2.39. The maximum absolute atomic E-state index is 4.55. The number of nitrogens with one attached hydrogen (secondary N) is 2. The van der Waals surface area contributed by atoms with Crippen molar-refractivity contribution in [2.24, 2.45) is 4.99 Å². The van der Waals surface area contributed by atoms with E-state index in [2.05, 4.69) is 62.2 Å². The first-order valence-electron chi connectivity index (χ1n) is 11.4. The molecule has 3 heterocycles. The van der Waals surface area contributed by atoms with Gasteiger partial charge in [0.05, 0.1) is 5.69 Å². The second-order valence-electron chi connectivity index (χ2n) is 8.93. The van der Waals surface area contributed by atoms with Gasteiger partial charge in [0, 0.05) is 37.9 Å². The molecule has 3 rings (SSSR count). The Hall–Kier alpha value is -0.870. The van der Waals surface area contributed by atoms with Gasteiger partial charge < -0.3 is 15.5 Å². The number of hydrogen-bond donors (Lipinski definition) is 2. The fraction of sp³-hybridized carbons (Fsp3) is 0.818. The molecule has 8 heteroatoms. The van der Waals surface area contributed by atoms with Crippen LogP contribution >= 0.6 is 24.0 Å². The third-order valence-electron chi connectivity index (χ3n) is 6.70. The monoisotopic (exact) mass is 531 g/mol. The number of likely N-dealkylation sites (tertiary alicyclic amines) is 2. The highest BCUT2D eigenvalue weighted by atomic mass is 127. The third-order valence-corrected chi connectivity index (χ3v) is 6.70. The summed E-state index contributed by atoms with van der Waals surface area (Å²) in [6.45, 7) is 11.9. The van der Waals surface area contributed by atoms with E-state index in [9.17, 15) is 0 Å². The first-order valence-corrected chi connectivity index (χ1v) is 11.4. The van der Waals surface area contributed by atoms with Crippen molar-refractivity contribution in [2.45, 2.75) is 64.5 Å². The number of guanidine groups is 1. The highest BCUT2D eigenvalue weighted by Crippen LogP contribution is 2.30. The van der Waals surface area contributed by atoms with E-state index >= 15 is 0 Å². The van der Waals surface area contributed by atoms with Crippen LogP contribution in [0, 0.1) is 13.8 Å². The summed E-state index contributed by atoms with van der Waals surface area (Å²) in [5.74, 6) is 0.925. The Balaban J connectivity index is 0.00000320. The standard InChI is InChI=1S/C22H41N7.HI/c1-19-17-20(2)29(26-19)14-8-11-24-21(23-3)25-18-22(9-15-27(4)16-10-22)28-12-6-5-7-13-28;/h17H,5-16,18H2,1-4H3,(H2,23,24,25);1H. The van der Waals surface area contributed by atoms with Gasteiger partial charge in [-0.1, -0.05) is 6.42 Å². The van der Waals surface area contributed by atoms with Gasteiger partial charge in [-0.2, -0.15) is 5.10 Å². The molecule has 0 bridgehead atoms. The van der Waals surface area contributed by atoms with Crippen molar-refractivity contribution in [1.29, 1.82) is 0 Å². The van der Waals surface area contributed by atoms with E-state index in [1.165, 1.54) is 64.0 Å². The van der Waals surface area contributed by atoms with Gasteiger partial charge in [-0.15, -0.1) is 24.0 Å². The zero-order chi connectivity index (χ0) is 20.7. The van der Waals surface area contributed by atoms with E-state index in [0.29, 0.717) is 0 Å². The summed E-state index contributed by atoms with van der Waals surface area (Å²) in [5, 5.41) is 11.7. The fourth-order valence-electron chi connectivity index (χ4n) is 4.81. The first kappa shape index (κ1) is 25.4. The summed E-state index contributed by atoms with van der Waals surface area (Å²) in [6, 6.07) is 2.13. The third kappa shape index (κ3) is 6.82. The smallest absolute Gasteiger partial charge is 0.191 e. The fourth-order valence-corrected chi connectivity index (χ4v) is 4.81. The zero-order valence-corrected chi connectivity index (χ0v) is 21.7. The maximum atomic E-state index is 4.55. The Kier molecular flexibility index (Phi) is 10.4. The Morgan fingerprint density at radius 3 is 2.40 bits per heavy atom. The molecule has 0 saturated carbocycles. The molecule has 7 nitrogen and oxygen atoms in total. The molecule has 0 aromatic carbocycles. The highest BCUT2D eigenvalue weighted by molar-refractivity contribution is 14.0. The number of hydrogen-bond acceptors (Lipinski definition) is 4. The van der Waals surface area contributed by atoms with Crippen LogP contribution in [-0.4, -0.2) is 84.4 Å². The molecular weight excluding hydrogens is 489 g/mol. The number of piperidine rings is 2. The van der Waals surface area contributed by atoms with Gasteiger partial charge in [-0.25, -0.2) is 0 Å². The summed E-state index contributed by atoms with van der Waals surface area (Å²) in [4.78, 5) is 9.71. The van der Waals surface area contributed by atoms with Crippen molar-refractivity contribution in [1.82, 2.24) is 30.2 Å². The lowest BCUT2D eigenvalue weighted by atomic mass is 9.84. The second-order valence-corrected chi connectivity index (χ2v) is 8.93. The molecule has 30 heavy (non-hydrogen) atoms. The van der Waals surface area contributed by atoms with E-state index < -0.39 is 0 Å². The molecule has 0 amide bonds. The molecule has 0 unspecified atom stereocenters. The van der Waals surface area contributed by atoms with E-state index in [0.717, 1.165) is 37.7 Å². The van der Waals surface area contributed by atoms with Crippen molar-refractivity contribution >= 4 is 29.9 Å². The molecular formula is C22H42IN7. The van der Waals surface area contributed by atoms with Gasteiger partial charge in [0.25, 0.3) is 0 Å². The van der Waals surface area contributed by atoms with E-state index in [1.54, 1.807) is 0 Å². The second kappa shape index (κ2) is 12.2.